The van der Waals surface area contributed by atoms with Crippen molar-refractivity contribution >= 4 is 27.5 Å². The van der Waals surface area contributed by atoms with Gasteiger partial charge in [0.25, 0.3) is 0 Å². The van der Waals surface area contributed by atoms with E-state index in [1.54, 1.807) is 0 Å². The first-order valence-corrected chi connectivity index (χ1v) is 7.14. The molecule has 1 atom stereocenters. The molecule has 96 valence electrons. The molecule has 0 aromatic carbocycles. The van der Waals surface area contributed by atoms with Crippen LogP contribution in [0.1, 0.15) is 51.2 Å². The lowest BCUT2D eigenvalue weighted by Crippen LogP contribution is -2.10. The number of aryl methyl sites for hydroxylation is 1. The smallest absolute Gasteiger partial charge is 0.159 e. The topological polar surface area (TPSA) is 35.0 Å². The Hall–Kier alpha value is -0.190. The average Bonchev–Trinajstić information content (AvgIpc) is 2.32. The van der Waals surface area contributed by atoms with Crippen LogP contribution in [0.4, 0.5) is 0 Å². The Labute approximate surface area is 116 Å². The number of ether oxygens (including phenoxy) is 1. The van der Waals surface area contributed by atoms with Crippen molar-refractivity contribution in [3.63, 3.8) is 0 Å². The van der Waals surface area contributed by atoms with Crippen molar-refractivity contribution < 1.29 is 4.74 Å². The fraction of sp³-hybridized carbons (Fsp3) is 0.667. The second-order valence-corrected chi connectivity index (χ2v) is 4.89. The highest BCUT2D eigenvalue weighted by Gasteiger charge is 2.17. The monoisotopic (exact) mass is 320 g/mol. The summed E-state index contributed by atoms with van der Waals surface area (Å²) in [7, 11) is 0. The van der Waals surface area contributed by atoms with Crippen molar-refractivity contribution in [2.45, 2.75) is 46.1 Å². The summed E-state index contributed by atoms with van der Waals surface area (Å²) >= 11 is 9.53. The molecule has 3 nitrogen and oxygen atoms in total. The second kappa shape index (κ2) is 7.29. The number of hydrogen-bond acceptors (Lipinski definition) is 3. The zero-order chi connectivity index (χ0) is 12.8. The third kappa shape index (κ3) is 3.90. The van der Waals surface area contributed by atoms with Gasteiger partial charge in [0.05, 0.1) is 10.2 Å². The first-order chi connectivity index (χ1) is 8.13. The molecular formula is C12H18BrClN2O. The molecule has 0 spiro atoms. The molecule has 0 amide bonds. The van der Waals surface area contributed by atoms with Gasteiger partial charge >= 0.3 is 0 Å². The average molecular weight is 322 g/mol. The molecule has 1 heterocycles. The molecule has 17 heavy (non-hydrogen) atoms. The zero-order valence-electron chi connectivity index (χ0n) is 10.5. The Morgan fingerprint density at radius 2 is 2.00 bits per heavy atom. The standard InChI is InChI=1S/C12H18BrClN2O/c1-4-7-8-10(13)11(14)16-12(15-8)9(5-2)17-6-3/h9H,4-7H2,1-3H3. The van der Waals surface area contributed by atoms with Gasteiger partial charge in [-0.05, 0) is 35.7 Å². The van der Waals surface area contributed by atoms with E-state index >= 15 is 0 Å². The molecule has 0 aliphatic rings. The van der Waals surface area contributed by atoms with E-state index in [2.05, 4.69) is 39.7 Å². The summed E-state index contributed by atoms with van der Waals surface area (Å²) in [5, 5.41) is 0.469. The van der Waals surface area contributed by atoms with Crippen LogP contribution in [0.2, 0.25) is 5.15 Å². The molecule has 1 unspecified atom stereocenters. The fourth-order valence-corrected chi connectivity index (χ4v) is 2.17. The minimum Gasteiger partial charge on any atom is -0.371 e. The maximum atomic E-state index is 6.10. The van der Waals surface area contributed by atoms with Crippen molar-refractivity contribution in [1.82, 2.24) is 9.97 Å². The summed E-state index contributed by atoms with van der Waals surface area (Å²) in [5.74, 6) is 0.686. The van der Waals surface area contributed by atoms with E-state index in [-0.39, 0.29) is 6.10 Å². The van der Waals surface area contributed by atoms with E-state index in [0.717, 1.165) is 29.4 Å². The summed E-state index contributed by atoms with van der Waals surface area (Å²) in [6, 6.07) is 0. The van der Waals surface area contributed by atoms with E-state index in [0.29, 0.717) is 17.6 Å². The Balaban J connectivity index is 3.07. The summed E-state index contributed by atoms with van der Waals surface area (Å²) in [4.78, 5) is 8.83. The number of aromatic nitrogens is 2. The van der Waals surface area contributed by atoms with Crippen LogP contribution in [0, 0.1) is 0 Å². The lowest BCUT2D eigenvalue weighted by molar-refractivity contribution is 0.0533. The summed E-state index contributed by atoms with van der Waals surface area (Å²) < 4.78 is 6.41. The largest absolute Gasteiger partial charge is 0.371 e. The number of nitrogens with zero attached hydrogens (tertiary/aromatic N) is 2. The SMILES string of the molecule is CCCc1nc(C(CC)OCC)nc(Cl)c1Br. The van der Waals surface area contributed by atoms with Crippen molar-refractivity contribution in [2.75, 3.05) is 6.61 Å². The van der Waals surface area contributed by atoms with Gasteiger partial charge in [-0.25, -0.2) is 9.97 Å². The molecule has 0 fully saturated rings. The maximum absolute atomic E-state index is 6.10. The maximum Gasteiger partial charge on any atom is 0.159 e. The fourth-order valence-electron chi connectivity index (χ4n) is 1.60. The molecule has 0 bridgehead atoms. The lowest BCUT2D eigenvalue weighted by Gasteiger charge is -2.15. The van der Waals surface area contributed by atoms with Gasteiger partial charge in [-0.1, -0.05) is 31.9 Å². The van der Waals surface area contributed by atoms with Gasteiger partial charge in [-0.2, -0.15) is 0 Å². The molecule has 0 aliphatic carbocycles. The highest BCUT2D eigenvalue weighted by Crippen LogP contribution is 2.27. The third-order valence-corrected chi connectivity index (χ3v) is 3.75. The Morgan fingerprint density at radius 3 is 2.53 bits per heavy atom. The Morgan fingerprint density at radius 1 is 1.29 bits per heavy atom. The predicted octanol–water partition coefficient (Wildman–Crippen LogP) is 4.33. The molecule has 1 rings (SSSR count). The first kappa shape index (κ1) is 14.9. The molecule has 0 radical (unpaired) electrons. The lowest BCUT2D eigenvalue weighted by atomic mass is 10.2. The molecule has 5 heteroatoms. The van der Waals surface area contributed by atoms with Crippen LogP contribution in [-0.4, -0.2) is 16.6 Å². The van der Waals surface area contributed by atoms with Gasteiger partial charge in [0, 0.05) is 6.61 Å². The van der Waals surface area contributed by atoms with E-state index < -0.39 is 0 Å². The number of halogens is 2. The molecule has 1 aromatic rings. The van der Waals surface area contributed by atoms with Crippen LogP contribution >= 0.6 is 27.5 Å². The van der Waals surface area contributed by atoms with Crippen LogP contribution in [0.3, 0.4) is 0 Å². The van der Waals surface area contributed by atoms with Crippen LogP contribution in [0.25, 0.3) is 0 Å². The third-order valence-electron chi connectivity index (χ3n) is 2.41. The van der Waals surface area contributed by atoms with E-state index in [9.17, 15) is 0 Å². The Bertz CT molecular complexity index is 374. The van der Waals surface area contributed by atoms with Gasteiger partial charge < -0.3 is 4.74 Å². The van der Waals surface area contributed by atoms with Crippen molar-refractivity contribution in [1.29, 1.82) is 0 Å². The zero-order valence-corrected chi connectivity index (χ0v) is 12.8. The van der Waals surface area contributed by atoms with Gasteiger partial charge in [0.2, 0.25) is 0 Å². The highest BCUT2D eigenvalue weighted by atomic mass is 79.9. The number of hydrogen-bond donors (Lipinski definition) is 0. The highest BCUT2D eigenvalue weighted by molar-refractivity contribution is 9.10. The Kier molecular flexibility index (Phi) is 6.38. The van der Waals surface area contributed by atoms with Crippen molar-refractivity contribution in [3.8, 4) is 0 Å². The van der Waals surface area contributed by atoms with Crippen LogP contribution in [0.5, 0.6) is 0 Å². The van der Waals surface area contributed by atoms with Gasteiger partial charge in [-0.3, -0.25) is 0 Å². The first-order valence-electron chi connectivity index (χ1n) is 5.97. The summed E-state index contributed by atoms with van der Waals surface area (Å²) in [6.45, 7) is 6.79. The molecule has 1 aromatic heterocycles. The van der Waals surface area contributed by atoms with Gasteiger partial charge in [0.15, 0.2) is 5.82 Å². The van der Waals surface area contributed by atoms with E-state index in [4.69, 9.17) is 16.3 Å². The second-order valence-electron chi connectivity index (χ2n) is 3.74. The van der Waals surface area contributed by atoms with Crippen molar-refractivity contribution in [3.05, 3.63) is 21.1 Å². The molecular weight excluding hydrogens is 304 g/mol. The van der Waals surface area contributed by atoms with E-state index in [1.165, 1.54) is 0 Å². The van der Waals surface area contributed by atoms with Crippen LogP contribution in [0.15, 0.2) is 4.47 Å². The van der Waals surface area contributed by atoms with Crippen LogP contribution in [-0.2, 0) is 11.2 Å². The van der Waals surface area contributed by atoms with Gasteiger partial charge in [0.1, 0.15) is 11.3 Å². The molecule has 0 saturated carbocycles. The minimum absolute atomic E-state index is 0.0683. The summed E-state index contributed by atoms with van der Waals surface area (Å²) in [6.07, 6.45) is 2.69. The quantitative estimate of drug-likeness (QED) is 0.731. The summed E-state index contributed by atoms with van der Waals surface area (Å²) in [5.41, 5.74) is 0.959. The van der Waals surface area contributed by atoms with Gasteiger partial charge in [-0.15, -0.1) is 0 Å². The molecule has 0 saturated heterocycles. The normalized spacial score (nSPS) is 12.8. The van der Waals surface area contributed by atoms with Crippen molar-refractivity contribution in [2.24, 2.45) is 0 Å². The predicted molar refractivity (Wildman–Crippen MR) is 73.4 cm³/mol. The van der Waals surface area contributed by atoms with Crippen LogP contribution < -0.4 is 0 Å². The van der Waals surface area contributed by atoms with E-state index in [1.807, 2.05) is 6.92 Å². The minimum atomic E-state index is -0.0683. The number of rotatable bonds is 6. The molecule has 0 N–H and O–H groups in total. The molecule has 0 aliphatic heterocycles.